The van der Waals surface area contributed by atoms with Gasteiger partial charge in [-0.15, -0.1) is 0 Å². The lowest BCUT2D eigenvalue weighted by Gasteiger charge is -2.44. The number of nitrogens with one attached hydrogen (secondary N) is 1. The molecule has 0 bridgehead atoms. The molecule has 0 saturated carbocycles. The molecule has 2 aromatic carbocycles. The molecule has 1 fully saturated rings. The Morgan fingerprint density at radius 3 is 2.65 bits per heavy atom. The number of amides is 1. The quantitative estimate of drug-likeness (QED) is 0.345. The number of rotatable bonds is 4. The molecule has 4 aromatic rings. The van der Waals surface area contributed by atoms with E-state index < -0.39 is 5.60 Å². The number of anilines is 3. The second-order valence-electron chi connectivity index (χ2n) is 9.54. The van der Waals surface area contributed by atoms with Crippen molar-refractivity contribution in [2.45, 2.75) is 24.9 Å². The monoisotopic (exact) mass is 510 g/mol. The summed E-state index contributed by atoms with van der Waals surface area (Å²) < 4.78 is 6.33. The normalized spacial score (nSPS) is 16.2. The topological polar surface area (TPSA) is 97.6 Å². The number of thiophene rings is 1. The van der Waals surface area contributed by atoms with Gasteiger partial charge in [-0.2, -0.15) is 11.3 Å². The fraction of sp³-hybridized carbons (Fsp3) is 0.207. The maximum Gasteiger partial charge on any atom is 0.257 e. The minimum Gasteiger partial charge on any atom is -0.486 e. The summed E-state index contributed by atoms with van der Waals surface area (Å²) in [5.74, 6) is 1.36. The van der Waals surface area contributed by atoms with Crippen LogP contribution in [-0.4, -0.2) is 35.4 Å². The first-order chi connectivity index (χ1) is 18.0. The van der Waals surface area contributed by atoms with Crippen LogP contribution in [-0.2, 0) is 0 Å². The molecule has 37 heavy (non-hydrogen) atoms. The predicted octanol–water partition coefficient (Wildman–Crippen LogP) is 5.65. The first-order valence-corrected chi connectivity index (χ1v) is 13.2. The molecule has 1 spiro atoms. The number of ketones is 1. The van der Waals surface area contributed by atoms with Gasteiger partial charge in [-0.05, 0) is 64.4 Å². The lowest BCUT2D eigenvalue weighted by molar-refractivity contribution is 0.0231. The number of piperidine rings is 1. The third-order valence-corrected chi connectivity index (χ3v) is 7.84. The van der Waals surface area contributed by atoms with E-state index in [1.54, 1.807) is 29.7 Å². The number of aromatic nitrogens is 1. The minimum absolute atomic E-state index is 0.144. The van der Waals surface area contributed by atoms with E-state index in [9.17, 15) is 9.59 Å². The smallest absolute Gasteiger partial charge is 0.257 e. The van der Waals surface area contributed by atoms with Crippen molar-refractivity contribution in [1.82, 2.24) is 4.98 Å². The predicted molar refractivity (Wildman–Crippen MR) is 147 cm³/mol. The number of Topliss-reactive ketones (excluding diaryl/α,β-unsaturated/α-hetero) is 1. The Morgan fingerprint density at radius 2 is 1.89 bits per heavy atom. The van der Waals surface area contributed by atoms with Gasteiger partial charge in [0, 0.05) is 32.1 Å². The van der Waals surface area contributed by atoms with Crippen LogP contribution in [0.4, 0.5) is 17.2 Å². The third kappa shape index (κ3) is 4.56. The van der Waals surface area contributed by atoms with Gasteiger partial charge in [-0.3, -0.25) is 9.59 Å². The van der Waals surface area contributed by atoms with Crippen LogP contribution in [0, 0.1) is 0 Å². The van der Waals surface area contributed by atoms with Crippen LogP contribution < -0.4 is 20.7 Å². The van der Waals surface area contributed by atoms with E-state index in [4.69, 9.17) is 10.5 Å². The zero-order valence-electron chi connectivity index (χ0n) is 20.1. The SMILES string of the molecule is Nc1ccc(-c2ccsc2)cc1NC(=O)c1ccc(N2CCC3(CC2)CC(=O)c2ccccc2O3)nc1. The van der Waals surface area contributed by atoms with Crippen molar-refractivity contribution >= 4 is 40.2 Å². The number of hydrogen-bond acceptors (Lipinski definition) is 7. The Kier molecular flexibility index (Phi) is 5.88. The summed E-state index contributed by atoms with van der Waals surface area (Å²) >= 11 is 1.62. The zero-order valence-corrected chi connectivity index (χ0v) is 21.0. The van der Waals surface area contributed by atoms with Crippen LogP contribution in [0.2, 0.25) is 0 Å². The van der Waals surface area contributed by atoms with Crippen molar-refractivity contribution in [3.05, 3.63) is 88.7 Å². The van der Waals surface area contributed by atoms with Crippen molar-refractivity contribution in [3.63, 3.8) is 0 Å². The summed E-state index contributed by atoms with van der Waals surface area (Å²) in [4.78, 5) is 32.3. The average Bonchev–Trinajstić information content (AvgIpc) is 3.46. The van der Waals surface area contributed by atoms with Crippen LogP contribution in [0.1, 0.15) is 40.0 Å². The number of ether oxygens (including phenoxy) is 1. The molecular weight excluding hydrogens is 484 g/mol. The van der Waals surface area contributed by atoms with Crippen LogP contribution in [0.25, 0.3) is 11.1 Å². The lowest BCUT2D eigenvalue weighted by atomic mass is 9.82. The molecule has 0 aliphatic carbocycles. The highest BCUT2D eigenvalue weighted by molar-refractivity contribution is 7.08. The second-order valence-corrected chi connectivity index (χ2v) is 10.3. The third-order valence-electron chi connectivity index (χ3n) is 7.16. The van der Waals surface area contributed by atoms with Crippen molar-refractivity contribution in [3.8, 4) is 16.9 Å². The summed E-state index contributed by atoms with van der Waals surface area (Å²) in [6, 6.07) is 18.8. The fourth-order valence-electron chi connectivity index (χ4n) is 5.04. The number of carbonyl (C=O) groups is 2. The molecule has 7 nitrogen and oxygen atoms in total. The molecule has 0 unspecified atom stereocenters. The van der Waals surface area contributed by atoms with E-state index in [2.05, 4.69) is 20.6 Å². The molecule has 2 aliphatic heterocycles. The van der Waals surface area contributed by atoms with Crippen LogP contribution >= 0.6 is 11.3 Å². The molecular formula is C29H26N4O3S. The van der Waals surface area contributed by atoms with Gasteiger partial charge in [0.2, 0.25) is 0 Å². The zero-order chi connectivity index (χ0) is 25.4. The van der Waals surface area contributed by atoms with Gasteiger partial charge >= 0.3 is 0 Å². The largest absolute Gasteiger partial charge is 0.486 e. The molecule has 2 aromatic heterocycles. The standard InChI is InChI=1S/C29H26N4O3S/c30-23-7-5-19(21-9-14-37-18-21)15-24(23)32-28(35)20-6-8-27(31-17-20)33-12-10-29(11-13-33)16-25(34)22-3-1-2-4-26(22)36-29/h1-9,14-15,17-18H,10-13,16,30H2,(H,32,35). The second kappa shape index (κ2) is 9.37. The molecule has 3 N–H and O–H groups in total. The number of benzene rings is 2. The number of carbonyl (C=O) groups excluding carboxylic acids is 2. The highest BCUT2D eigenvalue weighted by atomic mass is 32.1. The number of nitrogens with zero attached hydrogens (tertiary/aromatic N) is 2. The van der Waals surface area contributed by atoms with E-state index in [0.717, 1.165) is 42.9 Å². The van der Waals surface area contributed by atoms with Gasteiger partial charge in [-0.1, -0.05) is 18.2 Å². The van der Waals surface area contributed by atoms with E-state index in [1.807, 2.05) is 53.9 Å². The average molecular weight is 511 g/mol. The summed E-state index contributed by atoms with van der Waals surface area (Å²) in [7, 11) is 0. The van der Waals surface area contributed by atoms with E-state index >= 15 is 0 Å². The van der Waals surface area contributed by atoms with Gasteiger partial charge in [0.05, 0.1) is 28.9 Å². The molecule has 6 rings (SSSR count). The lowest BCUT2D eigenvalue weighted by Crippen LogP contribution is -2.51. The molecule has 0 atom stereocenters. The Balaban J connectivity index is 1.11. The molecule has 186 valence electrons. The Bertz CT molecular complexity index is 1460. The van der Waals surface area contributed by atoms with Crippen molar-refractivity contribution < 1.29 is 14.3 Å². The number of para-hydroxylation sites is 1. The molecule has 8 heteroatoms. The van der Waals surface area contributed by atoms with Crippen LogP contribution in [0.15, 0.2) is 77.6 Å². The van der Waals surface area contributed by atoms with E-state index in [1.165, 1.54) is 0 Å². The maximum atomic E-state index is 12.9. The first-order valence-electron chi connectivity index (χ1n) is 12.3. The molecule has 1 amide bonds. The number of pyridine rings is 1. The highest BCUT2D eigenvalue weighted by Crippen LogP contribution is 2.39. The maximum absolute atomic E-state index is 12.9. The Morgan fingerprint density at radius 1 is 1.05 bits per heavy atom. The van der Waals surface area contributed by atoms with Crippen molar-refractivity contribution in [2.75, 3.05) is 29.0 Å². The van der Waals surface area contributed by atoms with Gasteiger partial charge < -0.3 is 20.7 Å². The van der Waals surface area contributed by atoms with Crippen LogP contribution in [0.3, 0.4) is 0 Å². The molecule has 0 radical (unpaired) electrons. The number of hydrogen-bond donors (Lipinski definition) is 2. The molecule has 1 saturated heterocycles. The van der Waals surface area contributed by atoms with Gasteiger partial charge in [0.15, 0.2) is 5.78 Å². The minimum atomic E-state index is -0.459. The summed E-state index contributed by atoms with van der Waals surface area (Å²) in [5.41, 5.74) is 9.94. The first kappa shape index (κ1) is 23.2. The summed E-state index contributed by atoms with van der Waals surface area (Å²) in [6.07, 6.45) is 3.46. The van der Waals surface area contributed by atoms with Gasteiger partial charge in [-0.25, -0.2) is 4.98 Å². The van der Waals surface area contributed by atoms with Gasteiger partial charge in [0.25, 0.3) is 5.91 Å². The van der Waals surface area contributed by atoms with E-state index in [-0.39, 0.29) is 11.7 Å². The Labute approximate surface area is 218 Å². The van der Waals surface area contributed by atoms with Crippen molar-refractivity contribution in [1.29, 1.82) is 0 Å². The highest BCUT2D eigenvalue weighted by Gasteiger charge is 2.43. The van der Waals surface area contributed by atoms with Gasteiger partial charge in [0.1, 0.15) is 17.2 Å². The van der Waals surface area contributed by atoms with Crippen LogP contribution in [0.5, 0.6) is 5.75 Å². The number of nitrogen functional groups attached to an aromatic ring is 1. The Hall–Kier alpha value is -4.17. The van der Waals surface area contributed by atoms with Crippen molar-refractivity contribution in [2.24, 2.45) is 0 Å². The number of fused-ring (bicyclic) bond motifs is 1. The molecule has 2 aliphatic rings. The fourth-order valence-corrected chi connectivity index (χ4v) is 5.71. The summed E-state index contributed by atoms with van der Waals surface area (Å²) in [5, 5.41) is 6.99. The van der Waals surface area contributed by atoms with E-state index in [0.29, 0.717) is 34.7 Å². The number of nitrogens with two attached hydrogens (primary N) is 1. The molecule has 4 heterocycles. The summed E-state index contributed by atoms with van der Waals surface area (Å²) in [6.45, 7) is 1.44.